The number of rotatable bonds is 3. The van der Waals surface area contributed by atoms with E-state index in [0.29, 0.717) is 24.5 Å². The van der Waals surface area contributed by atoms with Crippen molar-refractivity contribution in [2.75, 3.05) is 32.5 Å². The quantitative estimate of drug-likeness (QED) is 0.885. The van der Waals surface area contributed by atoms with Gasteiger partial charge in [-0.3, -0.25) is 14.4 Å². The lowest BCUT2D eigenvalue weighted by Gasteiger charge is -2.30. The second-order valence-electron chi connectivity index (χ2n) is 6.99. The number of likely N-dealkylation sites (N-methyl/N-ethyl adjacent to an activating group) is 2. The van der Waals surface area contributed by atoms with E-state index >= 15 is 0 Å². The third-order valence-corrected chi connectivity index (χ3v) is 4.61. The minimum Gasteiger partial charge on any atom is -0.488 e. The van der Waals surface area contributed by atoms with E-state index in [-0.39, 0.29) is 36.2 Å². The summed E-state index contributed by atoms with van der Waals surface area (Å²) in [6.07, 6.45) is -0.0519. The van der Waals surface area contributed by atoms with E-state index < -0.39 is 0 Å². The summed E-state index contributed by atoms with van der Waals surface area (Å²) in [6, 6.07) is 5.29. The van der Waals surface area contributed by atoms with E-state index in [9.17, 15) is 14.4 Å². The van der Waals surface area contributed by atoms with Crippen LogP contribution in [0.3, 0.4) is 0 Å². The van der Waals surface area contributed by atoms with Crippen molar-refractivity contribution < 1.29 is 19.1 Å². The molecule has 1 aliphatic heterocycles. The lowest BCUT2D eigenvalue weighted by Crippen LogP contribution is -2.43. The van der Waals surface area contributed by atoms with Crippen molar-refractivity contribution in [3.63, 3.8) is 0 Å². The van der Waals surface area contributed by atoms with Crippen LogP contribution in [0.15, 0.2) is 18.2 Å². The van der Waals surface area contributed by atoms with E-state index in [2.05, 4.69) is 5.32 Å². The summed E-state index contributed by atoms with van der Waals surface area (Å²) in [5, 5.41) is 2.73. The van der Waals surface area contributed by atoms with Crippen molar-refractivity contribution in [1.82, 2.24) is 9.80 Å². The highest BCUT2D eigenvalue weighted by molar-refractivity contribution is 5.89. The fourth-order valence-corrected chi connectivity index (χ4v) is 2.96. The first-order valence-corrected chi connectivity index (χ1v) is 8.70. The zero-order chi connectivity index (χ0) is 19.4. The Morgan fingerprint density at radius 3 is 2.65 bits per heavy atom. The zero-order valence-electron chi connectivity index (χ0n) is 16.0. The number of fused-ring (bicyclic) bond motifs is 1. The third kappa shape index (κ3) is 4.97. The van der Waals surface area contributed by atoms with E-state index in [4.69, 9.17) is 4.74 Å². The number of nitrogens with one attached hydrogen (secondary N) is 1. The maximum atomic E-state index is 12.5. The predicted molar refractivity (Wildman–Crippen MR) is 99.0 cm³/mol. The summed E-state index contributed by atoms with van der Waals surface area (Å²) >= 11 is 0. The van der Waals surface area contributed by atoms with Crippen LogP contribution < -0.4 is 10.1 Å². The van der Waals surface area contributed by atoms with Gasteiger partial charge in [-0.05, 0) is 18.2 Å². The minimum atomic E-state index is -0.248. The van der Waals surface area contributed by atoms with Crippen molar-refractivity contribution in [2.24, 2.45) is 5.92 Å². The van der Waals surface area contributed by atoms with E-state index in [1.807, 2.05) is 6.92 Å². The fourth-order valence-electron chi connectivity index (χ4n) is 2.96. The van der Waals surface area contributed by atoms with Gasteiger partial charge in [0, 0.05) is 51.7 Å². The topological polar surface area (TPSA) is 79.0 Å². The number of amides is 3. The molecule has 0 spiro atoms. The van der Waals surface area contributed by atoms with E-state index in [0.717, 1.165) is 5.56 Å². The Morgan fingerprint density at radius 1 is 1.35 bits per heavy atom. The lowest BCUT2D eigenvalue weighted by atomic mass is 10.0. The number of benzene rings is 1. The largest absolute Gasteiger partial charge is 0.488 e. The van der Waals surface area contributed by atoms with Gasteiger partial charge >= 0.3 is 0 Å². The van der Waals surface area contributed by atoms with Crippen molar-refractivity contribution >= 4 is 23.4 Å². The van der Waals surface area contributed by atoms with Crippen LogP contribution in [0.25, 0.3) is 0 Å². The number of hydrogen-bond donors (Lipinski definition) is 1. The molecule has 0 fully saturated rings. The van der Waals surface area contributed by atoms with Gasteiger partial charge in [0.15, 0.2) is 0 Å². The Morgan fingerprint density at radius 2 is 2.04 bits per heavy atom. The second-order valence-corrected chi connectivity index (χ2v) is 6.99. The first-order valence-electron chi connectivity index (χ1n) is 8.70. The monoisotopic (exact) mass is 361 g/mol. The van der Waals surface area contributed by atoms with Gasteiger partial charge in [0.2, 0.25) is 17.7 Å². The van der Waals surface area contributed by atoms with Crippen molar-refractivity contribution in [1.29, 1.82) is 0 Å². The molecule has 1 heterocycles. The highest BCUT2D eigenvalue weighted by Crippen LogP contribution is 2.28. The smallest absolute Gasteiger partial charge is 0.226 e. The zero-order valence-corrected chi connectivity index (χ0v) is 16.0. The molecule has 0 bridgehead atoms. The maximum Gasteiger partial charge on any atom is 0.226 e. The standard InChI is InChI=1S/C19H27N3O4/c1-12-10-22(5)19(25)9-15-8-16(20-13(2)23)6-7-17(15)26-18(12)11-21(4)14(3)24/h6-8,12,18H,9-11H2,1-5H3,(H,20,23)/t12-,18+/m1/s1. The highest BCUT2D eigenvalue weighted by atomic mass is 16.5. The van der Waals surface area contributed by atoms with Crippen LogP contribution in [0.1, 0.15) is 26.3 Å². The molecule has 7 nitrogen and oxygen atoms in total. The maximum absolute atomic E-state index is 12.5. The molecule has 0 saturated heterocycles. The molecule has 2 rings (SSSR count). The number of carbonyl (C=O) groups is 3. The molecule has 0 aliphatic carbocycles. The van der Waals surface area contributed by atoms with Gasteiger partial charge in [0.25, 0.3) is 0 Å². The normalized spacial score (nSPS) is 20.2. The van der Waals surface area contributed by atoms with Crippen LogP contribution in [0.4, 0.5) is 5.69 Å². The second kappa shape index (κ2) is 8.21. The first-order chi connectivity index (χ1) is 12.2. The first kappa shape index (κ1) is 19.8. The van der Waals surface area contributed by atoms with E-state index in [1.54, 1.807) is 42.1 Å². The summed E-state index contributed by atoms with van der Waals surface area (Å²) in [7, 11) is 3.51. The molecule has 26 heavy (non-hydrogen) atoms. The van der Waals surface area contributed by atoms with Crippen LogP contribution in [0.5, 0.6) is 5.75 Å². The van der Waals surface area contributed by atoms with Gasteiger partial charge in [0.05, 0.1) is 13.0 Å². The Hall–Kier alpha value is -2.57. The molecule has 142 valence electrons. The number of anilines is 1. The summed E-state index contributed by atoms with van der Waals surface area (Å²) in [5.41, 5.74) is 1.35. The third-order valence-electron chi connectivity index (χ3n) is 4.61. The van der Waals surface area contributed by atoms with Crippen molar-refractivity contribution in [3.8, 4) is 5.75 Å². The predicted octanol–water partition coefficient (Wildman–Crippen LogP) is 1.52. The molecular formula is C19H27N3O4. The van der Waals surface area contributed by atoms with Gasteiger partial charge < -0.3 is 19.9 Å². The molecule has 0 aromatic heterocycles. The molecule has 0 saturated carbocycles. The molecule has 0 radical (unpaired) electrons. The molecule has 2 atom stereocenters. The Balaban J connectivity index is 2.37. The number of carbonyl (C=O) groups excluding carboxylic acids is 3. The number of hydrogen-bond acceptors (Lipinski definition) is 4. The fraction of sp³-hybridized carbons (Fsp3) is 0.526. The molecule has 1 aliphatic rings. The van der Waals surface area contributed by atoms with Crippen molar-refractivity contribution in [2.45, 2.75) is 33.3 Å². The average Bonchev–Trinajstić information content (AvgIpc) is 2.58. The van der Waals surface area contributed by atoms with Crippen LogP contribution in [-0.4, -0.2) is 60.8 Å². The SMILES string of the molecule is CC(=O)Nc1ccc2c(c1)CC(=O)N(C)C[C@@H](C)[C@H](CN(C)C(C)=O)O2. The van der Waals surface area contributed by atoms with Gasteiger partial charge in [-0.15, -0.1) is 0 Å². The Labute approximate surface area is 154 Å². The molecular weight excluding hydrogens is 334 g/mol. The molecule has 3 amide bonds. The minimum absolute atomic E-state index is 0.0118. The Kier molecular flexibility index (Phi) is 6.23. The summed E-state index contributed by atoms with van der Waals surface area (Å²) < 4.78 is 6.22. The van der Waals surface area contributed by atoms with Crippen LogP contribution >= 0.6 is 0 Å². The lowest BCUT2D eigenvalue weighted by molar-refractivity contribution is -0.131. The van der Waals surface area contributed by atoms with Gasteiger partial charge in [-0.25, -0.2) is 0 Å². The molecule has 1 N–H and O–H groups in total. The highest BCUT2D eigenvalue weighted by Gasteiger charge is 2.28. The van der Waals surface area contributed by atoms with Crippen LogP contribution in [0.2, 0.25) is 0 Å². The van der Waals surface area contributed by atoms with Gasteiger partial charge in [-0.2, -0.15) is 0 Å². The molecule has 0 unspecified atom stereocenters. The average molecular weight is 361 g/mol. The van der Waals surface area contributed by atoms with Gasteiger partial charge in [-0.1, -0.05) is 6.92 Å². The molecule has 7 heteroatoms. The number of ether oxygens (including phenoxy) is 1. The summed E-state index contributed by atoms with van der Waals surface area (Å²) in [6.45, 7) is 5.95. The van der Waals surface area contributed by atoms with E-state index in [1.165, 1.54) is 13.8 Å². The van der Waals surface area contributed by atoms with Crippen LogP contribution in [-0.2, 0) is 20.8 Å². The molecule has 1 aromatic rings. The summed E-state index contributed by atoms with van der Waals surface area (Å²) in [4.78, 5) is 38.7. The van der Waals surface area contributed by atoms with Gasteiger partial charge in [0.1, 0.15) is 11.9 Å². The van der Waals surface area contributed by atoms with Crippen molar-refractivity contribution in [3.05, 3.63) is 23.8 Å². The number of nitrogens with zero attached hydrogens (tertiary/aromatic N) is 2. The summed E-state index contributed by atoms with van der Waals surface area (Å²) in [5.74, 6) is 0.434. The Bertz CT molecular complexity index is 704. The molecule has 1 aromatic carbocycles. The van der Waals surface area contributed by atoms with Crippen LogP contribution in [0, 0.1) is 5.92 Å².